The van der Waals surface area contributed by atoms with Crippen LogP contribution in [-0.2, 0) is 12.2 Å². The van der Waals surface area contributed by atoms with Gasteiger partial charge in [0.25, 0.3) is 0 Å². The predicted octanol–water partition coefficient (Wildman–Crippen LogP) is 3.80. The SMILES string of the molecule is CCCCc1ccc(-n2nnnc2SCc2nnc(C(C)C)o2)cc1. The van der Waals surface area contributed by atoms with Crippen molar-refractivity contribution in [2.24, 2.45) is 0 Å². The van der Waals surface area contributed by atoms with E-state index in [4.69, 9.17) is 4.42 Å². The lowest BCUT2D eigenvalue weighted by molar-refractivity contribution is 0.445. The van der Waals surface area contributed by atoms with Crippen molar-refractivity contribution in [1.82, 2.24) is 30.4 Å². The van der Waals surface area contributed by atoms with E-state index >= 15 is 0 Å². The molecule has 2 heterocycles. The van der Waals surface area contributed by atoms with Crippen LogP contribution in [-0.4, -0.2) is 30.4 Å². The van der Waals surface area contributed by atoms with E-state index in [1.54, 1.807) is 4.68 Å². The zero-order valence-electron chi connectivity index (χ0n) is 14.7. The summed E-state index contributed by atoms with van der Waals surface area (Å²) >= 11 is 1.48. The minimum absolute atomic E-state index is 0.225. The molecule has 0 saturated carbocycles. The maximum Gasteiger partial charge on any atom is 0.226 e. The van der Waals surface area contributed by atoms with Crippen molar-refractivity contribution in [1.29, 1.82) is 0 Å². The zero-order valence-corrected chi connectivity index (χ0v) is 15.5. The van der Waals surface area contributed by atoms with E-state index in [-0.39, 0.29) is 5.92 Å². The average molecular weight is 358 g/mol. The number of rotatable bonds is 8. The van der Waals surface area contributed by atoms with Gasteiger partial charge in [-0.2, -0.15) is 4.68 Å². The molecule has 0 radical (unpaired) electrons. The van der Waals surface area contributed by atoms with Gasteiger partial charge in [0.05, 0.1) is 11.4 Å². The van der Waals surface area contributed by atoms with Gasteiger partial charge in [0.15, 0.2) is 0 Å². The third kappa shape index (κ3) is 4.45. The number of aryl methyl sites for hydroxylation is 1. The second kappa shape index (κ2) is 8.24. The molecule has 0 spiro atoms. The van der Waals surface area contributed by atoms with Crippen LogP contribution < -0.4 is 0 Å². The third-order valence-electron chi connectivity index (χ3n) is 3.74. The summed E-state index contributed by atoms with van der Waals surface area (Å²) in [5, 5.41) is 20.8. The Morgan fingerprint density at radius 2 is 1.92 bits per heavy atom. The van der Waals surface area contributed by atoms with Gasteiger partial charge in [-0.25, -0.2) is 0 Å². The van der Waals surface area contributed by atoms with Crippen LogP contribution in [0.15, 0.2) is 33.8 Å². The molecule has 0 fully saturated rings. The Hall–Kier alpha value is -2.22. The minimum Gasteiger partial charge on any atom is -0.424 e. The van der Waals surface area contributed by atoms with Crippen molar-refractivity contribution in [3.05, 3.63) is 41.6 Å². The highest BCUT2D eigenvalue weighted by molar-refractivity contribution is 7.98. The van der Waals surface area contributed by atoms with Crippen molar-refractivity contribution < 1.29 is 4.42 Å². The largest absolute Gasteiger partial charge is 0.424 e. The topological polar surface area (TPSA) is 82.5 Å². The molecule has 0 bridgehead atoms. The second-order valence-corrected chi connectivity index (χ2v) is 7.06. The molecule has 0 N–H and O–H groups in total. The van der Waals surface area contributed by atoms with Crippen molar-refractivity contribution in [2.75, 3.05) is 0 Å². The first-order chi connectivity index (χ1) is 12.2. The Kier molecular flexibility index (Phi) is 5.80. The lowest BCUT2D eigenvalue weighted by atomic mass is 10.1. The van der Waals surface area contributed by atoms with Gasteiger partial charge >= 0.3 is 0 Å². The van der Waals surface area contributed by atoms with Crippen molar-refractivity contribution in [3.8, 4) is 5.69 Å². The van der Waals surface area contributed by atoms with Crippen LogP contribution in [0.3, 0.4) is 0 Å². The van der Waals surface area contributed by atoms with E-state index in [1.807, 2.05) is 13.8 Å². The maximum absolute atomic E-state index is 5.62. The molecule has 132 valence electrons. The molecule has 0 amide bonds. The van der Waals surface area contributed by atoms with Crippen LogP contribution in [0.2, 0.25) is 0 Å². The van der Waals surface area contributed by atoms with Crippen LogP contribution in [0.25, 0.3) is 5.69 Å². The average Bonchev–Trinajstić information content (AvgIpc) is 3.28. The third-order valence-corrected chi connectivity index (χ3v) is 4.65. The number of nitrogens with zero attached hydrogens (tertiary/aromatic N) is 6. The fourth-order valence-corrected chi connectivity index (χ4v) is 3.03. The summed E-state index contributed by atoms with van der Waals surface area (Å²) in [6, 6.07) is 8.37. The lowest BCUT2D eigenvalue weighted by Gasteiger charge is -2.05. The van der Waals surface area contributed by atoms with E-state index in [1.165, 1.54) is 30.2 Å². The van der Waals surface area contributed by atoms with Crippen LogP contribution in [0, 0.1) is 0 Å². The van der Waals surface area contributed by atoms with Crippen molar-refractivity contribution in [2.45, 2.75) is 56.9 Å². The van der Waals surface area contributed by atoms with E-state index < -0.39 is 0 Å². The summed E-state index contributed by atoms with van der Waals surface area (Å²) in [6.45, 7) is 6.25. The number of tetrazole rings is 1. The van der Waals surface area contributed by atoms with Gasteiger partial charge in [-0.3, -0.25) is 0 Å². The molecule has 1 aromatic carbocycles. The number of unbranched alkanes of at least 4 members (excludes halogenated alkanes) is 1. The summed E-state index contributed by atoms with van der Waals surface area (Å²) in [7, 11) is 0. The van der Waals surface area contributed by atoms with E-state index in [9.17, 15) is 0 Å². The highest BCUT2D eigenvalue weighted by Gasteiger charge is 2.13. The summed E-state index contributed by atoms with van der Waals surface area (Å²) < 4.78 is 7.35. The number of hydrogen-bond donors (Lipinski definition) is 0. The maximum atomic E-state index is 5.62. The summed E-state index contributed by atoms with van der Waals surface area (Å²) in [5.41, 5.74) is 2.28. The Labute approximate surface area is 151 Å². The quantitative estimate of drug-likeness (QED) is 0.566. The van der Waals surface area contributed by atoms with Crippen LogP contribution in [0.1, 0.15) is 56.9 Å². The molecule has 0 unspecified atom stereocenters. The normalized spacial score (nSPS) is 11.4. The molecular formula is C17H22N6OS. The molecule has 2 aromatic heterocycles. The first-order valence-corrected chi connectivity index (χ1v) is 9.48. The van der Waals surface area contributed by atoms with Crippen LogP contribution in [0.4, 0.5) is 0 Å². The van der Waals surface area contributed by atoms with E-state index in [0.29, 0.717) is 22.7 Å². The van der Waals surface area contributed by atoms with Crippen molar-refractivity contribution >= 4 is 11.8 Å². The molecule has 3 rings (SSSR count). The highest BCUT2D eigenvalue weighted by atomic mass is 32.2. The fourth-order valence-electron chi connectivity index (χ4n) is 2.30. The Bertz CT molecular complexity index is 796. The summed E-state index contributed by atoms with van der Waals surface area (Å²) in [4.78, 5) is 0. The van der Waals surface area contributed by atoms with Gasteiger partial charge in [-0.15, -0.1) is 15.3 Å². The highest BCUT2D eigenvalue weighted by Crippen LogP contribution is 2.23. The number of thioether (sulfide) groups is 1. The molecule has 3 aromatic rings. The number of aromatic nitrogens is 6. The van der Waals surface area contributed by atoms with Crippen LogP contribution >= 0.6 is 11.8 Å². The van der Waals surface area contributed by atoms with E-state index in [2.05, 4.69) is 56.9 Å². The van der Waals surface area contributed by atoms with Gasteiger partial charge in [0, 0.05) is 5.92 Å². The van der Waals surface area contributed by atoms with Gasteiger partial charge in [0.2, 0.25) is 16.9 Å². The summed E-state index contributed by atoms with van der Waals surface area (Å²) in [6.07, 6.45) is 3.50. The lowest BCUT2D eigenvalue weighted by Crippen LogP contribution is -1.99. The molecular weight excluding hydrogens is 336 g/mol. The Balaban J connectivity index is 1.67. The fraction of sp³-hybridized carbons (Fsp3) is 0.471. The van der Waals surface area contributed by atoms with Gasteiger partial charge < -0.3 is 4.42 Å². The Morgan fingerprint density at radius 3 is 2.60 bits per heavy atom. The van der Waals surface area contributed by atoms with Gasteiger partial charge in [-0.05, 0) is 41.0 Å². The van der Waals surface area contributed by atoms with Crippen molar-refractivity contribution in [3.63, 3.8) is 0 Å². The first kappa shape index (κ1) is 17.6. The molecule has 0 atom stereocenters. The van der Waals surface area contributed by atoms with Gasteiger partial charge in [0.1, 0.15) is 0 Å². The molecule has 0 aliphatic carbocycles. The molecule has 8 heteroatoms. The standard InChI is InChI=1S/C17H22N6OS/c1-4-5-6-13-7-9-14(10-8-13)23-17(20-21-22-23)25-11-15-18-19-16(24-15)12(2)3/h7-10,12H,4-6,11H2,1-3H3. The monoisotopic (exact) mass is 358 g/mol. The predicted molar refractivity (Wildman–Crippen MR) is 95.7 cm³/mol. The Morgan fingerprint density at radius 1 is 1.12 bits per heavy atom. The second-order valence-electron chi connectivity index (χ2n) is 6.12. The summed E-state index contributed by atoms with van der Waals surface area (Å²) in [5.74, 6) is 1.99. The zero-order chi connectivity index (χ0) is 17.6. The van der Waals surface area contributed by atoms with Crippen LogP contribution in [0.5, 0.6) is 0 Å². The van der Waals surface area contributed by atoms with E-state index in [0.717, 1.165) is 12.1 Å². The number of hydrogen-bond acceptors (Lipinski definition) is 7. The molecule has 25 heavy (non-hydrogen) atoms. The minimum atomic E-state index is 0.225. The molecule has 7 nitrogen and oxygen atoms in total. The molecule has 0 aliphatic heterocycles. The molecule has 0 aliphatic rings. The molecule has 0 saturated heterocycles. The first-order valence-electron chi connectivity index (χ1n) is 8.50. The smallest absolute Gasteiger partial charge is 0.226 e. The number of benzene rings is 1. The van der Waals surface area contributed by atoms with Gasteiger partial charge in [-0.1, -0.05) is 51.1 Å².